The van der Waals surface area contributed by atoms with Crippen LogP contribution in [0.1, 0.15) is 12.6 Å². The average molecular weight is 481 g/mol. The summed E-state index contributed by atoms with van der Waals surface area (Å²) in [5.74, 6) is -0.0193. The lowest BCUT2D eigenvalue weighted by atomic mass is 10.2. The summed E-state index contributed by atoms with van der Waals surface area (Å²) in [4.78, 5) is 54.8. The third-order valence-electron chi connectivity index (χ3n) is 3.18. The Morgan fingerprint density at radius 2 is 2.04 bits per heavy atom. The maximum Gasteiger partial charge on any atom is 0.483 e. The Hall–Kier alpha value is -0.570. The van der Waals surface area contributed by atoms with Crippen LogP contribution in [0.4, 0.5) is 5.82 Å². The number of phosphoric acid groups is 2. The van der Waals surface area contributed by atoms with Gasteiger partial charge in [-0.1, -0.05) is 0 Å². The molecule has 2 heterocycles. The highest BCUT2D eigenvalue weighted by molar-refractivity contribution is 8.08. The second-order valence-electron chi connectivity index (χ2n) is 5.32. The maximum absolute atomic E-state index is 11.8. The van der Waals surface area contributed by atoms with E-state index >= 15 is 0 Å². The van der Waals surface area contributed by atoms with Gasteiger partial charge >= 0.3 is 20.2 Å². The molecule has 1 saturated heterocycles. The van der Waals surface area contributed by atoms with E-state index < -0.39 is 53.1 Å². The highest BCUT2D eigenvalue weighted by Gasteiger charge is 2.38. The first-order valence-electron chi connectivity index (χ1n) is 7.10. The molecule has 160 valence electrons. The maximum atomic E-state index is 11.8. The fraction of sp³-hybridized carbons (Fsp3) is 0.556. The molecular weight excluding hydrogens is 467 g/mol. The van der Waals surface area contributed by atoms with E-state index in [4.69, 9.17) is 19.9 Å². The summed E-state index contributed by atoms with van der Waals surface area (Å²) in [6, 6.07) is 1.33. The van der Waals surface area contributed by atoms with Gasteiger partial charge in [-0.2, -0.15) is 4.98 Å². The van der Waals surface area contributed by atoms with Crippen molar-refractivity contribution in [3.05, 3.63) is 22.7 Å². The van der Waals surface area contributed by atoms with Gasteiger partial charge in [0.2, 0.25) is 0 Å². The predicted octanol–water partition coefficient (Wildman–Crippen LogP) is -2.33. The van der Waals surface area contributed by atoms with Gasteiger partial charge in [0.1, 0.15) is 18.1 Å². The van der Waals surface area contributed by atoms with E-state index in [1.807, 2.05) is 0 Å². The van der Waals surface area contributed by atoms with E-state index in [1.54, 1.807) is 0 Å². The highest BCUT2D eigenvalue weighted by Crippen LogP contribution is 2.64. The molecule has 1 aliphatic rings. The number of nitrogens with zero attached hydrogens (tertiary/aromatic N) is 2. The molecule has 1 aromatic heterocycles. The first kappa shape index (κ1) is 23.7. The number of nitrogen functional groups attached to an aromatic ring is 1. The van der Waals surface area contributed by atoms with Crippen LogP contribution < -0.4 is 21.2 Å². The van der Waals surface area contributed by atoms with Gasteiger partial charge in [0.25, 0.3) is 0 Å². The number of hydrogen-bond acceptors (Lipinski definition) is 13. The number of ether oxygens (including phenoxy) is 1. The Kier molecular flexibility index (Phi) is 7.33. The molecule has 15 nitrogen and oxygen atoms in total. The van der Waals surface area contributed by atoms with Crippen molar-refractivity contribution in [2.45, 2.75) is 24.9 Å². The summed E-state index contributed by atoms with van der Waals surface area (Å²) in [6.07, 6.45) is -2.11. The zero-order valence-corrected chi connectivity index (χ0v) is 17.0. The normalized spacial score (nSPS) is 27.2. The van der Waals surface area contributed by atoms with Crippen molar-refractivity contribution in [1.82, 2.24) is 9.55 Å². The van der Waals surface area contributed by atoms with Crippen LogP contribution in [0, 0.1) is 0 Å². The van der Waals surface area contributed by atoms with Crippen molar-refractivity contribution in [3.8, 4) is 0 Å². The summed E-state index contributed by atoms with van der Waals surface area (Å²) in [5, 5.41) is 9.99. The summed E-state index contributed by atoms with van der Waals surface area (Å²) in [5.41, 5.74) is 4.63. The molecule has 5 atom stereocenters. The number of anilines is 1. The molecule has 1 aliphatic heterocycles. The lowest BCUT2D eigenvalue weighted by Gasteiger charge is -2.30. The van der Waals surface area contributed by atoms with Crippen molar-refractivity contribution in [2.24, 2.45) is 0 Å². The topological polar surface area (TPSA) is 239 Å². The minimum atomic E-state index is -5.92. The van der Waals surface area contributed by atoms with E-state index in [2.05, 4.69) is 25.4 Å². The van der Waals surface area contributed by atoms with Gasteiger partial charge in [-0.15, -0.1) is 0 Å². The van der Waals surface area contributed by atoms with Gasteiger partial charge in [-0.25, -0.2) is 13.7 Å². The Balaban J connectivity index is 1.98. The van der Waals surface area contributed by atoms with Crippen LogP contribution in [-0.4, -0.2) is 43.3 Å². The van der Waals surface area contributed by atoms with E-state index in [9.17, 15) is 33.7 Å². The van der Waals surface area contributed by atoms with Crippen LogP contribution in [0.25, 0.3) is 0 Å². The van der Waals surface area contributed by atoms with Crippen LogP contribution in [-0.2, 0) is 38.8 Å². The second-order valence-corrected chi connectivity index (χ2v) is 11.0. The van der Waals surface area contributed by atoms with E-state index in [1.165, 1.54) is 12.3 Å². The Bertz CT molecular complexity index is 919. The molecule has 19 heteroatoms. The highest BCUT2D eigenvalue weighted by atomic mass is 32.5. The van der Waals surface area contributed by atoms with Crippen LogP contribution in [0.2, 0.25) is 0 Å². The number of aromatic nitrogens is 2. The summed E-state index contributed by atoms with van der Waals surface area (Å²) >= 11 is 4.41. The Labute approximate surface area is 161 Å². The van der Waals surface area contributed by atoms with Gasteiger partial charge in [-0.3, -0.25) is 8.88 Å². The van der Waals surface area contributed by atoms with Crippen molar-refractivity contribution in [1.29, 1.82) is 0 Å². The first-order chi connectivity index (χ1) is 12.7. The minimum Gasteiger partial charge on any atom is -0.789 e. The Morgan fingerprint density at radius 1 is 1.39 bits per heavy atom. The Morgan fingerprint density at radius 3 is 2.61 bits per heavy atom. The SMILES string of the molecule is Nc1ccn(C2CC(O)C(COP(O)(=S)OP(=O)(O)OP(=O)([O-])[O-])O2)c(=O)n1. The zero-order chi connectivity index (χ0) is 21.3. The fourth-order valence-electron chi connectivity index (χ4n) is 2.14. The van der Waals surface area contributed by atoms with E-state index in [0.717, 1.165) is 4.57 Å². The zero-order valence-electron chi connectivity index (χ0n) is 13.5. The summed E-state index contributed by atoms with van der Waals surface area (Å²) in [7, 11) is -11.5. The molecule has 0 aromatic carbocycles. The first-order valence-corrected chi connectivity index (χ1v) is 12.7. The largest absolute Gasteiger partial charge is 0.789 e. The summed E-state index contributed by atoms with van der Waals surface area (Å²) in [6.45, 7) is -5.25. The van der Waals surface area contributed by atoms with Crippen molar-refractivity contribution in [3.63, 3.8) is 0 Å². The molecule has 0 aliphatic carbocycles. The lowest BCUT2D eigenvalue weighted by molar-refractivity contribution is -0.334. The number of aliphatic hydroxyl groups excluding tert-OH is 1. The molecule has 0 saturated carbocycles. The molecule has 28 heavy (non-hydrogen) atoms. The fourth-order valence-corrected chi connectivity index (χ4v) is 6.05. The molecule has 0 bridgehead atoms. The molecule has 1 aromatic rings. The summed E-state index contributed by atoms with van der Waals surface area (Å²) < 4.78 is 40.1. The van der Waals surface area contributed by atoms with Crippen LogP contribution >= 0.6 is 22.4 Å². The van der Waals surface area contributed by atoms with Crippen LogP contribution in [0.5, 0.6) is 0 Å². The van der Waals surface area contributed by atoms with Gasteiger partial charge in [0.15, 0.2) is 0 Å². The smallest absolute Gasteiger partial charge is 0.483 e. The number of rotatable bonds is 8. The molecule has 5 N–H and O–H groups in total. The third kappa shape index (κ3) is 7.04. The van der Waals surface area contributed by atoms with Crippen LogP contribution in [0.15, 0.2) is 17.1 Å². The molecule has 5 unspecified atom stereocenters. The van der Waals surface area contributed by atoms with Gasteiger partial charge in [0, 0.05) is 12.6 Å². The molecular formula is C9H14N3O12P3S-2. The monoisotopic (exact) mass is 481 g/mol. The number of aliphatic hydroxyl groups is 1. The standard InChI is InChI=1S/C9H16N3O12P3S/c10-7-1-2-12(9(14)11-7)8-3-5(13)6(22-8)4-21-27(20,28)24-26(18,19)23-25(15,16)17/h1-2,5-6,8,13H,3-4H2,(H,18,19)(H,20,28)(H2,10,11,14)(H2,15,16,17)/p-2. The molecule has 0 radical (unpaired) electrons. The number of hydrogen-bond donors (Lipinski definition) is 4. The molecule has 0 amide bonds. The van der Waals surface area contributed by atoms with Crippen molar-refractivity contribution >= 4 is 40.0 Å². The quantitative estimate of drug-likeness (QED) is 0.285. The number of nitrogens with two attached hydrogens (primary N) is 1. The molecule has 0 spiro atoms. The molecule has 1 fully saturated rings. The van der Waals surface area contributed by atoms with Gasteiger partial charge in [0.05, 0.1) is 20.5 Å². The van der Waals surface area contributed by atoms with Crippen molar-refractivity contribution in [2.75, 3.05) is 12.3 Å². The van der Waals surface area contributed by atoms with E-state index in [0.29, 0.717) is 0 Å². The van der Waals surface area contributed by atoms with E-state index in [-0.39, 0.29) is 12.2 Å². The average Bonchev–Trinajstić information content (AvgIpc) is 2.82. The van der Waals surface area contributed by atoms with Crippen LogP contribution in [0.3, 0.4) is 0 Å². The molecule has 2 rings (SSSR count). The minimum absolute atomic E-state index is 0.0193. The predicted molar refractivity (Wildman–Crippen MR) is 89.5 cm³/mol. The third-order valence-corrected chi connectivity index (χ3v) is 7.85. The van der Waals surface area contributed by atoms with Gasteiger partial charge < -0.3 is 44.2 Å². The van der Waals surface area contributed by atoms with Crippen molar-refractivity contribution < 1.29 is 51.7 Å². The lowest BCUT2D eigenvalue weighted by Crippen LogP contribution is -2.28. The second kappa shape index (κ2) is 8.66. The van der Waals surface area contributed by atoms with Gasteiger partial charge in [-0.05, 0) is 17.9 Å².